The first-order valence-electron chi connectivity index (χ1n) is 12.2. The molecule has 0 unspecified atom stereocenters. The third-order valence-electron chi connectivity index (χ3n) is 8.02. The molecule has 0 radical (unpaired) electrons. The van der Waals surface area contributed by atoms with E-state index in [1.165, 1.54) is 0 Å². The number of hydrogen-bond acceptors (Lipinski definition) is 5. The average Bonchev–Trinajstić information content (AvgIpc) is 3.18. The van der Waals surface area contributed by atoms with Crippen molar-refractivity contribution in [2.75, 3.05) is 0 Å². The highest BCUT2D eigenvalue weighted by molar-refractivity contribution is 6.10. The molecule has 0 N–H and O–H groups in total. The van der Waals surface area contributed by atoms with Gasteiger partial charge in [0, 0.05) is 23.4 Å². The van der Waals surface area contributed by atoms with Gasteiger partial charge >= 0.3 is 5.97 Å². The summed E-state index contributed by atoms with van der Waals surface area (Å²) in [4.78, 5) is 46.4. The fraction of sp³-hybridized carbons (Fsp3) is 0.200. The average molecular weight is 475 g/mol. The summed E-state index contributed by atoms with van der Waals surface area (Å²) >= 11 is 0. The summed E-state index contributed by atoms with van der Waals surface area (Å²) in [6.45, 7) is 1.57. The molecule has 3 aliphatic carbocycles. The number of benzene rings is 3. The summed E-state index contributed by atoms with van der Waals surface area (Å²) < 4.78 is 5.70. The van der Waals surface area contributed by atoms with Gasteiger partial charge in [-0.15, -0.1) is 0 Å². The van der Waals surface area contributed by atoms with Crippen LogP contribution in [0.25, 0.3) is 10.9 Å². The molecule has 0 saturated carbocycles. The van der Waals surface area contributed by atoms with Gasteiger partial charge in [-0.1, -0.05) is 66.7 Å². The molecule has 176 valence electrons. The van der Waals surface area contributed by atoms with Crippen molar-refractivity contribution in [3.05, 3.63) is 107 Å². The van der Waals surface area contributed by atoms with E-state index in [0.29, 0.717) is 11.3 Å². The Morgan fingerprint density at radius 1 is 0.778 bits per heavy atom. The predicted octanol–water partition coefficient (Wildman–Crippen LogP) is 4.42. The quantitative estimate of drug-likeness (QED) is 0.250. The Balaban J connectivity index is 1.25. The predicted molar refractivity (Wildman–Crippen MR) is 132 cm³/mol. The zero-order chi connectivity index (χ0) is 24.6. The number of ether oxygens (including phenoxy) is 1. The maximum Gasteiger partial charge on any atom is 0.334 e. The maximum atomic E-state index is 13.9. The normalized spacial score (nSPS) is 24.3. The lowest BCUT2D eigenvalue weighted by molar-refractivity contribution is -0.152. The Kier molecular flexibility index (Phi) is 4.43. The van der Waals surface area contributed by atoms with Crippen molar-refractivity contribution >= 4 is 28.7 Å². The molecule has 8 rings (SSSR count). The minimum absolute atomic E-state index is 0.209. The van der Waals surface area contributed by atoms with Crippen molar-refractivity contribution in [2.45, 2.75) is 24.8 Å². The molecule has 1 aromatic heterocycles. The molecule has 0 spiro atoms. The fourth-order valence-electron chi connectivity index (χ4n) is 6.54. The van der Waals surface area contributed by atoms with Gasteiger partial charge < -0.3 is 4.74 Å². The van der Waals surface area contributed by atoms with Crippen LogP contribution < -0.4 is 4.74 Å². The molecule has 2 bridgehead atoms. The number of esters is 1. The Morgan fingerprint density at radius 2 is 1.31 bits per heavy atom. The van der Waals surface area contributed by atoms with Gasteiger partial charge in [0.2, 0.25) is 11.8 Å². The van der Waals surface area contributed by atoms with E-state index in [1.807, 2.05) is 42.5 Å². The van der Waals surface area contributed by atoms with Crippen molar-refractivity contribution in [1.29, 1.82) is 0 Å². The molecule has 2 heterocycles. The molecule has 6 heteroatoms. The van der Waals surface area contributed by atoms with Gasteiger partial charge in [-0.25, -0.2) is 4.79 Å². The van der Waals surface area contributed by atoms with Gasteiger partial charge in [0.1, 0.15) is 11.6 Å². The van der Waals surface area contributed by atoms with Crippen LogP contribution in [0.1, 0.15) is 41.0 Å². The lowest BCUT2D eigenvalue weighted by Crippen LogP contribution is -2.45. The van der Waals surface area contributed by atoms with E-state index in [-0.39, 0.29) is 23.7 Å². The lowest BCUT2D eigenvalue weighted by Gasteiger charge is -2.45. The van der Waals surface area contributed by atoms with Crippen molar-refractivity contribution < 1.29 is 19.1 Å². The first-order chi connectivity index (χ1) is 17.6. The van der Waals surface area contributed by atoms with E-state index >= 15 is 0 Å². The third-order valence-corrected chi connectivity index (χ3v) is 8.02. The fourth-order valence-corrected chi connectivity index (χ4v) is 6.54. The summed E-state index contributed by atoms with van der Waals surface area (Å²) in [5.74, 6) is -2.42. The van der Waals surface area contributed by atoms with Crippen LogP contribution in [0.3, 0.4) is 0 Å². The first kappa shape index (κ1) is 21.0. The number of pyridine rings is 1. The highest BCUT2D eigenvalue weighted by atomic mass is 16.5. The number of hydrogen-bond donors (Lipinski definition) is 0. The SMILES string of the molecule is C[C@H](C(=O)Oc1cccc2cccnc12)N1C(=O)[C@H]2C3c4ccccc4C(c4ccccc43)[C@@H]2C1=O. The summed E-state index contributed by atoms with van der Waals surface area (Å²) in [7, 11) is 0. The number of carbonyl (C=O) groups is 3. The molecule has 1 aliphatic heterocycles. The van der Waals surface area contributed by atoms with Crippen LogP contribution in [-0.2, 0) is 14.4 Å². The minimum atomic E-state index is -1.06. The van der Waals surface area contributed by atoms with Crippen LogP contribution >= 0.6 is 0 Å². The summed E-state index contributed by atoms with van der Waals surface area (Å²) in [5, 5.41) is 0.835. The summed E-state index contributed by atoms with van der Waals surface area (Å²) in [6.07, 6.45) is 1.63. The zero-order valence-corrected chi connectivity index (χ0v) is 19.5. The Hall–Kier alpha value is -4.32. The number of likely N-dealkylation sites (tertiary alicyclic amines) is 1. The van der Waals surface area contributed by atoms with Crippen LogP contribution in [0.4, 0.5) is 0 Å². The molecular weight excluding hydrogens is 452 g/mol. The highest BCUT2D eigenvalue weighted by Crippen LogP contribution is 2.61. The smallest absolute Gasteiger partial charge is 0.334 e. The Bertz CT molecular complexity index is 1470. The second-order valence-corrected chi connectivity index (χ2v) is 9.74. The topological polar surface area (TPSA) is 76.6 Å². The molecule has 4 aromatic rings. The number of imide groups is 1. The van der Waals surface area contributed by atoms with E-state index in [9.17, 15) is 14.4 Å². The van der Waals surface area contributed by atoms with Gasteiger partial charge in [0.25, 0.3) is 0 Å². The largest absolute Gasteiger partial charge is 0.423 e. The lowest BCUT2D eigenvalue weighted by atomic mass is 9.55. The third kappa shape index (κ3) is 2.72. The van der Waals surface area contributed by atoms with Crippen molar-refractivity contribution in [3.63, 3.8) is 0 Å². The summed E-state index contributed by atoms with van der Waals surface area (Å²) in [5.41, 5.74) is 4.95. The van der Waals surface area contributed by atoms with E-state index in [0.717, 1.165) is 32.5 Å². The maximum absolute atomic E-state index is 13.9. The Labute approximate surface area is 207 Å². The van der Waals surface area contributed by atoms with Crippen LogP contribution in [-0.4, -0.2) is 33.7 Å². The molecule has 1 saturated heterocycles. The summed E-state index contributed by atoms with van der Waals surface area (Å²) in [6, 6.07) is 24.1. The second kappa shape index (κ2) is 7.59. The van der Waals surface area contributed by atoms with E-state index in [2.05, 4.69) is 29.2 Å². The van der Waals surface area contributed by atoms with Gasteiger partial charge in [-0.2, -0.15) is 0 Å². The zero-order valence-electron chi connectivity index (χ0n) is 19.5. The van der Waals surface area contributed by atoms with Gasteiger partial charge in [-0.05, 0) is 41.3 Å². The second-order valence-electron chi connectivity index (χ2n) is 9.74. The number of fused-ring (bicyclic) bond motifs is 1. The van der Waals surface area contributed by atoms with E-state index in [4.69, 9.17) is 4.74 Å². The van der Waals surface area contributed by atoms with Crippen LogP contribution in [0.15, 0.2) is 85.1 Å². The van der Waals surface area contributed by atoms with Crippen LogP contribution in [0, 0.1) is 11.8 Å². The Morgan fingerprint density at radius 3 is 1.86 bits per heavy atom. The molecule has 36 heavy (non-hydrogen) atoms. The molecule has 4 aliphatic rings. The first-order valence-corrected chi connectivity index (χ1v) is 12.2. The van der Waals surface area contributed by atoms with Gasteiger partial charge in [-0.3, -0.25) is 19.5 Å². The van der Waals surface area contributed by atoms with E-state index < -0.39 is 23.8 Å². The molecule has 3 aromatic carbocycles. The molecule has 2 amide bonds. The number of nitrogens with zero attached hydrogens (tertiary/aromatic N) is 2. The van der Waals surface area contributed by atoms with Crippen LogP contribution in [0.5, 0.6) is 5.75 Å². The van der Waals surface area contributed by atoms with Crippen molar-refractivity contribution in [1.82, 2.24) is 9.88 Å². The molecular formula is C30H22N2O4. The number of amides is 2. The standard InChI is InChI=1S/C30H22N2O4/c1-16(30(35)36-22-14-6-8-17-9-7-15-31-27(17)22)32-28(33)25-23-18-10-2-3-11-19(18)24(26(25)29(32)34)21-13-5-4-12-20(21)23/h2-16,23-26H,1H3/t16-,23?,24?,25+,26+/m1/s1. The molecule has 6 nitrogen and oxygen atoms in total. The number of rotatable bonds is 3. The minimum Gasteiger partial charge on any atom is -0.423 e. The monoisotopic (exact) mass is 474 g/mol. The van der Waals surface area contributed by atoms with Crippen molar-refractivity contribution in [2.24, 2.45) is 11.8 Å². The highest BCUT2D eigenvalue weighted by Gasteiger charge is 2.62. The van der Waals surface area contributed by atoms with E-state index in [1.54, 1.807) is 25.3 Å². The molecule has 3 atom stereocenters. The van der Waals surface area contributed by atoms with Gasteiger partial charge in [0.15, 0.2) is 5.75 Å². The van der Waals surface area contributed by atoms with Gasteiger partial charge in [0.05, 0.1) is 11.8 Å². The van der Waals surface area contributed by atoms with Crippen molar-refractivity contribution in [3.8, 4) is 5.75 Å². The number of aromatic nitrogens is 1. The van der Waals surface area contributed by atoms with Crippen LogP contribution in [0.2, 0.25) is 0 Å². The number of carbonyl (C=O) groups excluding carboxylic acids is 3. The molecule has 1 fully saturated rings. The number of para-hydroxylation sites is 1.